The van der Waals surface area contributed by atoms with Crippen LogP contribution in [0.3, 0.4) is 0 Å². The largest absolute Gasteiger partial charge is 0.505 e. The van der Waals surface area contributed by atoms with Crippen molar-refractivity contribution in [1.82, 2.24) is 0 Å². The lowest BCUT2D eigenvalue weighted by Gasteiger charge is -2.12. The molecule has 4 N–H and O–H groups in total. The molecular formula is C26H19N5O4S. The number of hydrogen-bond donors (Lipinski definition) is 3. The van der Waals surface area contributed by atoms with Gasteiger partial charge in [0, 0.05) is 0 Å². The second-order valence-corrected chi connectivity index (χ2v) is 8.40. The summed E-state index contributed by atoms with van der Waals surface area (Å²) in [5.41, 5.74) is 8.33. The maximum atomic E-state index is 11.2. The number of anilines is 1. The maximum Gasteiger partial charge on any atom is 0.154 e. The van der Waals surface area contributed by atoms with Gasteiger partial charge in [-0.1, -0.05) is 59.6 Å². The fourth-order valence-corrected chi connectivity index (χ4v) is 4.20. The van der Waals surface area contributed by atoms with Crippen molar-refractivity contribution >= 4 is 62.0 Å². The SMILES string of the molecule is Nc1c(N=Nc2ccccc2)ccc2cc(SOOO)c(N=Nc3ccc4ccccc4c3)c(O)c12. The predicted molar refractivity (Wildman–Crippen MR) is 139 cm³/mol. The number of nitrogen functional groups attached to an aromatic ring is 1. The van der Waals surface area contributed by atoms with E-state index in [1.165, 1.54) is 0 Å². The molecule has 10 heteroatoms. The Labute approximate surface area is 209 Å². The van der Waals surface area contributed by atoms with Crippen LogP contribution in [0.15, 0.2) is 116 Å². The Morgan fingerprint density at radius 2 is 1.42 bits per heavy atom. The number of nitrogens with zero attached hydrogens (tertiary/aromatic N) is 4. The van der Waals surface area contributed by atoms with Gasteiger partial charge < -0.3 is 10.8 Å². The molecule has 0 fully saturated rings. The standard InChI is InChI=1S/C26H19N5O4S/c27-24-21(30-28-19-8-2-1-3-9-19)13-11-18-15-22(36-35-34-33)25(26(32)23(18)24)31-29-20-12-10-16-6-4-5-7-17(16)14-20/h1-15,32-33H,27H2. The second-order valence-electron chi connectivity index (χ2n) is 7.66. The van der Waals surface area contributed by atoms with Crippen molar-refractivity contribution in [3.63, 3.8) is 0 Å². The molecule has 0 aliphatic carbocycles. The normalized spacial score (nSPS) is 11.8. The van der Waals surface area contributed by atoms with Gasteiger partial charge in [0.15, 0.2) is 5.75 Å². The first-order valence-electron chi connectivity index (χ1n) is 10.7. The fourth-order valence-electron chi connectivity index (χ4n) is 3.71. The molecule has 0 saturated heterocycles. The Kier molecular flexibility index (Phi) is 6.83. The predicted octanol–water partition coefficient (Wildman–Crippen LogP) is 8.54. The number of fused-ring (bicyclic) bond motifs is 2. The van der Waals surface area contributed by atoms with Crippen molar-refractivity contribution < 1.29 is 19.7 Å². The number of aromatic hydroxyl groups is 1. The lowest BCUT2D eigenvalue weighted by atomic mass is 10.1. The smallest absolute Gasteiger partial charge is 0.154 e. The summed E-state index contributed by atoms with van der Waals surface area (Å²) in [4.78, 5) is 0.344. The molecule has 0 radical (unpaired) electrons. The molecular weight excluding hydrogens is 478 g/mol. The zero-order chi connectivity index (χ0) is 24.9. The summed E-state index contributed by atoms with van der Waals surface area (Å²) >= 11 is 0.663. The summed E-state index contributed by atoms with van der Waals surface area (Å²) in [5.74, 6) is -0.227. The summed E-state index contributed by atoms with van der Waals surface area (Å²) in [6.45, 7) is 0. The Morgan fingerprint density at radius 3 is 2.22 bits per heavy atom. The number of phenolic OH excluding ortho intramolecular Hbond substituents is 1. The summed E-state index contributed by atoms with van der Waals surface area (Å²) in [6.07, 6.45) is 0. The molecule has 0 saturated carbocycles. The van der Waals surface area contributed by atoms with Crippen LogP contribution in [0.2, 0.25) is 0 Å². The van der Waals surface area contributed by atoms with E-state index in [1.807, 2.05) is 72.8 Å². The van der Waals surface area contributed by atoms with E-state index < -0.39 is 0 Å². The van der Waals surface area contributed by atoms with Gasteiger partial charge in [0.25, 0.3) is 0 Å². The quantitative estimate of drug-likeness (QED) is 0.0678. The zero-order valence-corrected chi connectivity index (χ0v) is 19.5. The van der Waals surface area contributed by atoms with Gasteiger partial charge in [-0.2, -0.15) is 10.2 Å². The summed E-state index contributed by atoms with van der Waals surface area (Å²) < 4.78 is 4.61. The molecule has 5 aromatic carbocycles. The minimum Gasteiger partial charge on any atom is -0.505 e. The van der Waals surface area contributed by atoms with E-state index in [1.54, 1.807) is 18.2 Å². The number of phenols is 1. The molecule has 0 heterocycles. The van der Waals surface area contributed by atoms with Crippen LogP contribution in [0, 0.1) is 0 Å². The van der Waals surface area contributed by atoms with Gasteiger partial charge in [0.05, 0.1) is 39.4 Å². The van der Waals surface area contributed by atoms with Crippen LogP contribution < -0.4 is 5.73 Å². The van der Waals surface area contributed by atoms with Gasteiger partial charge in [-0.25, -0.2) is 5.26 Å². The third kappa shape index (κ3) is 4.88. The first-order chi connectivity index (χ1) is 17.6. The van der Waals surface area contributed by atoms with E-state index in [2.05, 4.69) is 29.8 Å². The van der Waals surface area contributed by atoms with Gasteiger partial charge in [-0.15, -0.1) is 14.6 Å². The molecule has 178 valence electrons. The molecule has 0 bridgehead atoms. The van der Waals surface area contributed by atoms with Crippen molar-refractivity contribution in [3.8, 4) is 5.75 Å². The number of rotatable bonds is 7. The van der Waals surface area contributed by atoms with Crippen LogP contribution in [-0.2, 0) is 9.37 Å². The van der Waals surface area contributed by atoms with Crippen LogP contribution in [0.5, 0.6) is 5.75 Å². The minimum atomic E-state index is -0.227. The number of hydrogen-bond acceptors (Lipinski definition) is 10. The van der Waals surface area contributed by atoms with Crippen LogP contribution >= 0.6 is 12.0 Å². The fraction of sp³-hybridized carbons (Fsp3) is 0. The Hall–Kier alpha value is -4.35. The lowest BCUT2D eigenvalue weighted by molar-refractivity contribution is -0.432. The first kappa shape index (κ1) is 23.4. The molecule has 0 unspecified atom stereocenters. The van der Waals surface area contributed by atoms with E-state index in [0.717, 1.165) is 10.8 Å². The molecule has 5 aromatic rings. The lowest BCUT2D eigenvalue weighted by Crippen LogP contribution is -1.90. The highest BCUT2D eigenvalue weighted by molar-refractivity contribution is 7.94. The summed E-state index contributed by atoms with van der Waals surface area (Å²) in [5, 5.41) is 43.6. The van der Waals surface area contributed by atoms with E-state index in [4.69, 9.17) is 11.0 Å². The van der Waals surface area contributed by atoms with Crippen LogP contribution in [-0.4, -0.2) is 10.4 Å². The number of benzene rings is 5. The topological polar surface area (TPSA) is 134 Å². The van der Waals surface area contributed by atoms with E-state index >= 15 is 0 Å². The first-order valence-corrected chi connectivity index (χ1v) is 11.5. The Morgan fingerprint density at radius 1 is 0.694 bits per heavy atom. The van der Waals surface area contributed by atoms with Crippen molar-refractivity contribution in [3.05, 3.63) is 91.0 Å². The van der Waals surface area contributed by atoms with E-state index in [-0.39, 0.29) is 17.1 Å². The third-order valence-electron chi connectivity index (χ3n) is 5.42. The van der Waals surface area contributed by atoms with Crippen molar-refractivity contribution in [2.24, 2.45) is 20.5 Å². The zero-order valence-electron chi connectivity index (χ0n) is 18.6. The van der Waals surface area contributed by atoms with Crippen LogP contribution in [0.4, 0.5) is 28.4 Å². The number of azo groups is 2. The molecule has 0 aromatic heterocycles. The molecule has 0 atom stereocenters. The molecule has 0 aliphatic rings. The molecule has 9 nitrogen and oxygen atoms in total. The molecule has 0 spiro atoms. The van der Waals surface area contributed by atoms with Crippen LogP contribution in [0.1, 0.15) is 0 Å². The monoisotopic (exact) mass is 497 g/mol. The van der Waals surface area contributed by atoms with Crippen molar-refractivity contribution in [2.75, 3.05) is 5.73 Å². The Balaban J connectivity index is 1.59. The number of nitrogens with two attached hydrogens (primary N) is 1. The highest BCUT2D eigenvalue weighted by Gasteiger charge is 2.18. The molecule has 0 aliphatic heterocycles. The van der Waals surface area contributed by atoms with Crippen LogP contribution in [0.25, 0.3) is 21.5 Å². The summed E-state index contributed by atoms with van der Waals surface area (Å²) in [6, 6.07) is 27.8. The van der Waals surface area contributed by atoms with E-state index in [0.29, 0.717) is 44.8 Å². The minimum absolute atomic E-state index is 0.0848. The molecule has 0 amide bonds. The second kappa shape index (κ2) is 10.5. The maximum absolute atomic E-state index is 11.2. The summed E-state index contributed by atoms with van der Waals surface area (Å²) in [7, 11) is 0. The average Bonchev–Trinajstić information content (AvgIpc) is 2.91. The third-order valence-corrected chi connectivity index (χ3v) is 6.04. The van der Waals surface area contributed by atoms with Gasteiger partial charge in [0.1, 0.15) is 11.4 Å². The van der Waals surface area contributed by atoms with Crippen molar-refractivity contribution in [1.29, 1.82) is 0 Å². The Bertz CT molecular complexity index is 1610. The average molecular weight is 498 g/mol. The van der Waals surface area contributed by atoms with Gasteiger partial charge in [0.2, 0.25) is 0 Å². The molecule has 5 rings (SSSR count). The molecule has 36 heavy (non-hydrogen) atoms. The van der Waals surface area contributed by atoms with E-state index in [9.17, 15) is 5.11 Å². The van der Waals surface area contributed by atoms with Crippen molar-refractivity contribution in [2.45, 2.75) is 4.90 Å². The van der Waals surface area contributed by atoms with Gasteiger partial charge in [-0.05, 0) is 52.6 Å². The highest BCUT2D eigenvalue weighted by atomic mass is 32.2. The van der Waals surface area contributed by atoms with Gasteiger partial charge >= 0.3 is 0 Å². The highest BCUT2D eigenvalue weighted by Crippen LogP contribution is 2.47. The van der Waals surface area contributed by atoms with Gasteiger partial charge in [-0.3, -0.25) is 0 Å².